The summed E-state index contributed by atoms with van der Waals surface area (Å²) < 4.78 is 7.88. The summed E-state index contributed by atoms with van der Waals surface area (Å²) in [5.74, 6) is 0. The Morgan fingerprint density at radius 3 is 1.25 bits per heavy atom. The van der Waals surface area contributed by atoms with Gasteiger partial charge in [-0.15, -0.1) is 0 Å². The van der Waals surface area contributed by atoms with Crippen molar-refractivity contribution in [2.45, 2.75) is 0 Å². The second-order valence-electron chi connectivity index (χ2n) is 0. The molecule has 4 heavy (non-hydrogen) atoms. The number of rotatable bonds is 0. The molecule has 1 nitrogen and oxygen atoms in total. The molecule has 23 valence electrons. The van der Waals surface area contributed by atoms with Gasteiger partial charge in [-0.1, -0.05) is 0 Å². The summed E-state index contributed by atoms with van der Waals surface area (Å²) in [7, 11) is 0. The van der Waals surface area contributed by atoms with Crippen LogP contribution in [0.1, 0.15) is 0 Å². The Morgan fingerprint density at radius 1 is 1.25 bits per heavy atom. The van der Waals surface area contributed by atoms with Gasteiger partial charge in [-0.2, -0.15) is 0 Å². The molecule has 0 N–H and O–H groups in total. The molecule has 0 atom stereocenters. The van der Waals surface area contributed by atoms with Crippen LogP contribution < -0.4 is 0 Å². The van der Waals surface area contributed by atoms with E-state index in [-0.39, 0.29) is 82.1 Å². The molecule has 0 spiro atoms. The van der Waals surface area contributed by atoms with Gasteiger partial charge in [-0.3, -0.25) is 0 Å². The van der Waals surface area contributed by atoms with Crippen LogP contribution in [0.3, 0.4) is 0 Å². The Labute approximate surface area is 98.7 Å². The fourth-order valence-corrected chi connectivity index (χ4v) is 0. The maximum Gasteiger partial charge on any atom is 0 e. The van der Waals surface area contributed by atoms with Crippen LogP contribution in [0.4, 0.5) is 0 Å². The SMILES string of the molecule is [Nd].[O]=[Ni].[Pr]. The minimum absolute atomic E-state index is 0. The van der Waals surface area contributed by atoms with Gasteiger partial charge in [0.05, 0.1) is 0 Å². The van der Waals surface area contributed by atoms with Crippen LogP contribution in [-0.2, 0) is 19.3 Å². The maximum absolute atomic E-state index is 7.88. The average Bonchev–Trinajstić information content (AvgIpc) is 1.00. The summed E-state index contributed by atoms with van der Waals surface area (Å²) in [6.45, 7) is 0. The molecule has 0 bridgehead atoms. The summed E-state index contributed by atoms with van der Waals surface area (Å²) in [5, 5.41) is 0. The molecular formula is NdNiOPr. The van der Waals surface area contributed by atoms with Crippen LogP contribution in [0.5, 0.6) is 0 Å². The molecular weight excluding hydrogens is 360 g/mol. The minimum Gasteiger partial charge on any atom is 0 e. The molecule has 1 radical (unpaired) electrons. The molecule has 0 aliphatic heterocycles. The van der Waals surface area contributed by atoms with Gasteiger partial charge in [-0.25, -0.2) is 0 Å². The van der Waals surface area contributed by atoms with E-state index in [1.807, 2.05) is 0 Å². The quantitative estimate of drug-likeness (QED) is 0.551. The Hall–Kier alpha value is 3.01. The normalized spacial score (nSPS) is 1.50. The molecule has 0 rings (SSSR count). The fourth-order valence-electron chi connectivity index (χ4n) is 0. The van der Waals surface area contributed by atoms with Crippen LogP contribution in [0, 0.1) is 82.1 Å². The topological polar surface area (TPSA) is 17.1 Å². The van der Waals surface area contributed by atoms with Crippen LogP contribution in [0.2, 0.25) is 0 Å². The molecule has 0 fully saturated rings. The Morgan fingerprint density at radius 2 is 1.25 bits per heavy atom. The van der Waals surface area contributed by atoms with E-state index in [1.54, 1.807) is 0 Å². The van der Waals surface area contributed by atoms with E-state index in [0.29, 0.717) is 0 Å². The summed E-state index contributed by atoms with van der Waals surface area (Å²) in [6, 6.07) is 0. The molecule has 0 amide bonds. The van der Waals surface area contributed by atoms with Crippen molar-refractivity contribution >= 4 is 0 Å². The summed E-state index contributed by atoms with van der Waals surface area (Å²) >= 11 is 2.62. The molecule has 0 saturated heterocycles. The summed E-state index contributed by atoms with van der Waals surface area (Å²) in [6.07, 6.45) is 0. The molecule has 0 heterocycles. The van der Waals surface area contributed by atoms with E-state index in [4.69, 9.17) is 3.90 Å². The van der Waals surface area contributed by atoms with Gasteiger partial charge in [0, 0.05) is 82.1 Å². The largest absolute Gasteiger partial charge is 0 e. The van der Waals surface area contributed by atoms with Crippen molar-refractivity contribution in [1.82, 2.24) is 0 Å². The van der Waals surface area contributed by atoms with Crippen molar-refractivity contribution in [3.8, 4) is 0 Å². The average molecular weight is 360 g/mol. The Balaban J connectivity index is -0.00000000500. The van der Waals surface area contributed by atoms with E-state index in [1.165, 1.54) is 0 Å². The van der Waals surface area contributed by atoms with Crippen LogP contribution in [0.25, 0.3) is 0 Å². The first-order valence-electron chi connectivity index (χ1n) is 0.129. The number of hydrogen-bond donors (Lipinski definition) is 0. The summed E-state index contributed by atoms with van der Waals surface area (Å²) in [4.78, 5) is 0. The van der Waals surface area contributed by atoms with Crippen LogP contribution >= 0.6 is 0 Å². The second-order valence-corrected chi connectivity index (χ2v) is 0. The number of hydrogen-bond acceptors (Lipinski definition) is 1. The second kappa shape index (κ2) is 16.7. The zero-order chi connectivity index (χ0) is 2.00. The van der Waals surface area contributed by atoms with E-state index in [2.05, 4.69) is 15.4 Å². The van der Waals surface area contributed by atoms with Crippen molar-refractivity contribution in [2.24, 2.45) is 0 Å². The van der Waals surface area contributed by atoms with E-state index < -0.39 is 0 Å². The molecule has 0 aromatic carbocycles. The van der Waals surface area contributed by atoms with Gasteiger partial charge in [-0.05, 0) is 0 Å². The zero-order valence-corrected chi connectivity index (χ0v) is 9.70. The molecule has 0 saturated carbocycles. The molecule has 0 unspecified atom stereocenters. The summed E-state index contributed by atoms with van der Waals surface area (Å²) in [5.41, 5.74) is 0. The van der Waals surface area contributed by atoms with Gasteiger partial charge < -0.3 is 0 Å². The van der Waals surface area contributed by atoms with Gasteiger partial charge in [0.25, 0.3) is 0 Å². The van der Waals surface area contributed by atoms with E-state index in [9.17, 15) is 0 Å². The Bertz CT molecular complexity index is 8.00. The smallest absolute Gasteiger partial charge is 0 e. The minimum atomic E-state index is 0. The van der Waals surface area contributed by atoms with E-state index in [0.717, 1.165) is 0 Å². The van der Waals surface area contributed by atoms with Crippen LogP contribution in [-0.4, -0.2) is 0 Å². The first-order valence-corrected chi connectivity index (χ1v) is 0.532. The maximum atomic E-state index is 7.88. The standard InChI is InChI=1S/Nd.Ni.O.Pr. The van der Waals surface area contributed by atoms with E-state index >= 15 is 0 Å². The van der Waals surface area contributed by atoms with Crippen molar-refractivity contribution < 1.29 is 101 Å². The first-order chi connectivity index (χ1) is 1.00. The van der Waals surface area contributed by atoms with Gasteiger partial charge in [0.15, 0.2) is 0 Å². The van der Waals surface area contributed by atoms with Crippen LogP contribution in [0.15, 0.2) is 0 Å². The molecule has 0 aromatic heterocycles. The third kappa shape index (κ3) is 8.89. The predicted octanol–water partition coefficient (Wildman–Crippen LogP) is -0.121. The Kier molecular flexibility index (Phi) is 65.6. The molecule has 4 heteroatoms. The molecule has 0 aliphatic carbocycles. The predicted molar refractivity (Wildman–Crippen MR) is 0.686 cm³/mol. The molecule has 0 aromatic rings. The zero-order valence-electron chi connectivity index (χ0n) is 1.80. The third-order valence-electron chi connectivity index (χ3n) is 0. The third-order valence-corrected chi connectivity index (χ3v) is 0. The van der Waals surface area contributed by atoms with Crippen molar-refractivity contribution in [1.29, 1.82) is 0 Å². The van der Waals surface area contributed by atoms with Crippen molar-refractivity contribution in [3.63, 3.8) is 0 Å². The van der Waals surface area contributed by atoms with Crippen molar-refractivity contribution in [3.05, 3.63) is 0 Å². The van der Waals surface area contributed by atoms with Gasteiger partial charge in [0.1, 0.15) is 0 Å². The first kappa shape index (κ1) is 15.7. The fraction of sp³-hybridized carbons (Fsp3) is 0. The molecule has 0 aliphatic rings. The van der Waals surface area contributed by atoms with Gasteiger partial charge >= 0.3 is 19.3 Å². The monoisotopic (exact) mass is 357 g/mol. The van der Waals surface area contributed by atoms with Crippen molar-refractivity contribution in [2.75, 3.05) is 0 Å². The van der Waals surface area contributed by atoms with Gasteiger partial charge in [0.2, 0.25) is 0 Å².